The molecule has 0 unspecified atom stereocenters. The number of nitrogens with zero attached hydrogens (tertiary/aromatic N) is 1. The van der Waals surface area contributed by atoms with E-state index in [9.17, 15) is 8.42 Å². The SMILES string of the molecule is CCCNS(=O)(=O)N1CCCC[C@H]1C. The summed E-state index contributed by atoms with van der Waals surface area (Å²) in [6.07, 6.45) is 3.94. The minimum Gasteiger partial charge on any atom is -0.202 e. The van der Waals surface area contributed by atoms with Gasteiger partial charge in [0.1, 0.15) is 0 Å². The Kier molecular flexibility index (Phi) is 4.34. The van der Waals surface area contributed by atoms with E-state index >= 15 is 0 Å². The Morgan fingerprint density at radius 3 is 2.71 bits per heavy atom. The lowest BCUT2D eigenvalue weighted by Gasteiger charge is -2.32. The van der Waals surface area contributed by atoms with Crippen molar-refractivity contribution < 1.29 is 8.42 Å². The van der Waals surface area contributed by atoms with Crippen LogP contribution in [0.5, 0.6) is 0 Å². The van der Waals surface area contributed by atoms with E-state index in [1.165, 1.54) is 0 Å². The summed E-state index contributed by atoms with van der Waals surface area (Å²) in [5.41, 5.74) is 0. The van der Waals surface area contributed by atoms with Gasteiger partial charge in [0.05, 0.1) is 0 Å². The largest absolute Gasteiger partial charge is 0.279 e. The molecule has 1 heterocycles. The van der Waals surface area contributed by atoms with Crippen LogP contribution in [-0.2, 0) is 10.2 Å². The fourth-order valence-corrected chi connectivity index (χ4v) is 3.32. The fourth-order valence-electron chi connectivity index (χ4n) is 1.74. The molecule has 14 heavy (non-hydrogen) atoms. The zero-order chi connectivity index (χ0) is 10.6. The van der Waals surface area contributed by atoms with E-state index < -0.39 is 10.2 Å². The molecule has 1 saturated heterocycles. The summed E-state index contributed by atoms with van der Waals surface area (Å²) in [6, 6.07) is 0.151. The molecule has 84 valence electrons. The molecule has 0 radical (unpaired) electrons. The van der Waals surface area contributed by atoms with E-state index in [0.717, 1.165) is 25.7 Å². The monoisotopic (exact) mass is 220 g/mol. The third-order valence-corrected chi connectivity index (χ3v) is 4.31. The van der Waals surface area contributed by atoms with Gasteiger partial charge >= 0.3 is 0 Å². The Bertz CT molecular complexity index is 264. The third-order valence-electron chi connectivity index (χ3n) is 2.59. The standard InChI is InChI=1S/C9H20N2O2S/c1-3-7-10-14(12,13)11-8-5-4-6-9(11)2/h9-10H,3-8H2,1-2H3/t9-/m1/s1. The molecule has 1 aliphatic heterocycles. The first-order valence-corrected chi connectivity index (χ1v) is 6.78. The maximum atomic E-state index is 11.8. The molecule has 0 amide bonds. The van der Waals surface area contributed by atoms with Crippen molar-refractivity contribution in [1.29, 1.82) is 0 Å². The van der Waals surface area contributed by atoms with Crippen LogP contribution < -0.4 is 4.72 Å². The number of piperidine rings is 1. The molecule has 1 fully saturated rings. The molecule has 1 N–H and O–H groups in total. The quantitative estimate of drug-likeness (QED) is 0.771. The topological polar surface area (TPSA) is 49.4 Å². The van der Waals surface area contributed by atoms with Crippen molar-refractivity contribution in [2.24, 2.45) is 0 Å². The van der Waals surface area contributed by atoms with E-state index in [1.54, 1.807) is 4.31 Å². The summed E-state index contributed by atoms with van der Waals surface area (Å²) in [5.74, 6) is 0. The first kappa shape index (κ1) is 11.9. The van der Waals surface area contributed by atoms with Gasteiger partial charge in [-0.2, -0.15) is 12.7 Å². The molecule has 4 nitrogen and oxygen atoms in total. The second-order valence-electron chi connectivity index (χ2n) is 3.85. The average Bonchev–Trinajstić information content (AvgIpc) is 2.15. The predicted octanol–water partition coefficient (Wildman–Crippen LogP) is 1.11. The van der Waals surface area contributed by atoms with E-state index in [4.69, 9.17) is 0 Å². The fraction of sp³-hybridized carbons (Fsp3) is 1.00. The lowest BCUT2D eigenvalue weighted by atomic mass is 10.1. The van der Waals surface area contributed by atoms with Gasteiger partial charge in [0.25, 0.3) is 10.2 Å². The highest BCUT2D eigenvalue weighted by molar-refractivity contribution is 7.87. The van der Waals surface area contributed by atoms with Gasteiger partial charge in [-0.05, 0) is 26.2 Å². The zero-order valence-corrected chi connectivity index (χ0v) is 9.81. The Morgan fingerprint density at radius 2 is 2.14 bits per heavy atom. The summed E-state index contributed by atoms with van der Waals surface area (Å²) in [4.78, 5) is 0. The Balaban J connectivity index is 2.60. The Morgan fingerprint density at radius 1 is 1.43 bits per heavy atom. The maximum absolute atomic E-state index is 11.8. The number of hydrogen-bond acceptors (Lipinski definition) is 2. The highest BCUT2D eigenvalue weighted by Crippen LogP contribution is 2.18. The summed E-state index contributed by atoms with van der Waals surface area (Å²) in [5, 5.41) is 0. The molecular weight excluding hydrogens is 200 g/mol. The summed E-state index contributed by atoms with van der Waals surface area (Å²) < 4.78 is 27.7. The van der Waals surface area contributed by atoms with E-state index in [-0.39, 0.29) is 6.04 Å². The molecule has 5 heteroatoms. The van der Waals surface area contributed by atoms with Crippen molar-refractivity contribution in [1.82, 2.24) is 9.03 Å². The smallest absolute Gasteiger partial charge is 0.202 e. The molecule has 0 aromatic rings. The van der Waals surface area contributed by atoms with Crippen molar-refractivity contribution in [2.45, 2.75) is 45.6 Å². The van der Waals surface area contributed by atoms with Crippen LogP contribution in [-0.4, -0.2) is 31.9 Å². The highest BCUT2D eigenvalue weighted by Gasteiger charge is 2.28. The second-order valence-corrected chi connectivity index (χ2v) is 5.56. The average molecular weight is 220 g/mol. The van der Waals surface area contributed by atoms with Crippen LogP contribution in [0.2, 0.25) is 0 Å². The third kappa shape index (κ3) is 2.93. The Labute approximate surface area is 86.9 Å². The summed E-state index contributed by atoms with van der Waals surface area (Å²) in [7, 11) is -3.21. The summed E-state index contributed by atoms with van der Waals surface area (Å²) >= 11 is 0. The van der Waals surface area contributed by atoms with Crippen molar-refractivity contribution in [2.75, 3.05) is 13.1 Å². The van der Waals surface area contributed by atoms with Gasteiger partial charge in [-0.15, -0.1) is 0 Å². The van der Waals surface area contributed by atoms with Crippen LogP contribution in [0.25, 0.3) is 0 Å². The molecule has 1 atom stereocenters. The molecule has 0 aliphatic carbocycles. The lowest BCUT2D eigenvalue weighted by molar-refractivity contribution is 0.265. The predicted molar refractivity (Wildman–Crippen MR) is 57.2 cm³/mol. The molecule has 0 spiro atoms. The normalized spacial score (nSPS) is 25.1. The first-order valence-electron chi connectivity index (χ1n) is 5.34. The van der Waals surface area contributed by atoms with Crippen LogP contribution in [0, 0.1) is 0 Å². The molecule has 0 aromatic heterocycles. The highest BCUT2D eigenvalue weighted by atomic mass is 32.2. The molecule has 1 rings (SSSR count). The maximum Gasteiger partial charge on any atom is 0.279 e. The minimum atomic E-state index is -3.21. The Hall–Kier alpha value is -0.130. The molecule has 0 bridgehead atoms. The van der Waals surface area contributed by atoms with E-state index in [0.29, 0.717) is 13.1 Å². The van der Waals surface area contributed by atoms with Crippen LogP contribution in [0.4, 0.5) is 0 Å². The van der Waals surface area contributed by atoms with Crippen LogP contribution >= 0.6 is 0 Å². The number of hydrogen-bond donors (Lipinski definition) is 1. The van der Waals surface area contributed by atoms with Crippen LogP contribution in [0.1, 0.15) is 39.5 Å². The van der Waals surface area contributed by atoms with E-state index in [2.05, 4.69) is 4.72 Å². The first-order chi connectivity index (χ1) is 6.58. The second kappa shape index (κ2) is 5.09. The van der Waals surface area contributed by atoms with Crippen molar-refractivity contribution in [3.8, 4) is 0 Å². The molecular formula is C9H20N2O2S. The van der Waals surface area contributed by atoms with Gasteiger partial charge < -0.3 is 0 Å². The van der Waals surface area contributed by atoms with Gasteiger partial charge in [-0.1, -0.05) is 13.3 Å². The van der Waals surface area contributed by atoms with Crippen LogP contribution in [0.3, 0.4) is 0 Å². The van der Waals surface area contributed by atoms with Gasteiger partial charge in [0.15, 0.2) is 0 Å². The summed E-state index contributed by atoms with van der Waals surface area (Å²) in [6.45, 7) is 5.14. The van der Waals surface area contributed by atoms with E-state index in [1.807, 2.05) is 13.8 Å². The number of nitrogens with one attached hydrogen (secondary N) is 1. The molecule has 1 aliphatic rings. The molecule has 0 saturated carbocycles. The van der Waals surface area contributed by atoms with Gasteiger partial charge in [0, 0.05) is 19.1 Å². The van der Waals surface area contributed by atoms with Crippen molar-refractivity contribution in [3.05, 3.63) is 0 Å². The van der Waals surface area contributed by atoms with Crippen molar-refractivity contribution in [3.63, 3.8) is 0 Å². The van der Waals surface area contributed by atoms with Gasteiger partial charge in [-0.25, -0.2) is 4.72 Å². The minimum absolute atomic E-state index is 0.151. The number of rotatable bonds is 4. The lowest BCUT2D eigenvalue weighted by Crippen LogP contribution is -2.47. The van der Waals surface area contributed by atoms with Crippen molar-refractivity contribution >= 4 is 10.2 Å². The van der Waals surface area contributed by atoms with Crippen LogP contribution in [0.15, 0.2) is 0 Å². The van der Waals surface area contributed by atoms with Gasteiger partial charge in [0.2, 0.25) is 0 Å². The van der Waals surface area contributed by atoms with Gasteiger partial charge in [-0.3, -0.25) is 0 Å². The molecule has 0 aromatic carbocycles. The zero-order valence-electron chi connectivity index (χ0n) is 8.99.